The summed E-state index contributed by atoms with van der Waals surface area (Å²) in [5.41, 5.74) is 9.38. The molecular formula is C14H13N5OS. The molecule has 4 N–H and O–H groups in total. The molecule has 0 fully saturated rings. The Morgan fingerprint density at radius 3 is 3.00 bits per heavy atom. The Morgan fingerprint density at radius 2 is 2.29 bits per heavy atom. The minimum Gasteiger partial charge on any atom is -0.399 e. The van der Waals surface area contributed by atoms with E-state index in [0.29, 0.717) is 16.4 Å². The minimum atomic E-state index is -0.227. The van der Waals surface area contributed by atoms with Gasteiger partial charge in [0.2, 0.25) is 0 Å². The number of amides is 1. The van der Waals surface area contributed by atoms with E-state index >= 15 is 0 Å². The maximum absolute atomic E-state index is 12.1. The molecule has 1 amide bonds. The van der Waals surface area contributed by atoms with Gasteiger partial charge >= 0.3 is 0 Å². The lowest BCUT2D eigenvalue weighted by Gasteiger charge is -2.00. The first-order valence-corrected chi connectivity index (χ1v) is 7.14. The van der Waals surface area contributed by atoms with E-state index in [4.69, 9.17) is 5.73 Å². The Morgan fingerprint density at radius 1 is 1.43 bits per heavy atom. The second kappa shape index (κ2) is 5.37. The quantitative estimate of drug-likeness (QED) is 0.648. The van der Waals surface area contributed by atoms with Crippen molar-refractivity contribution >= 4 is 28.1 Å². The number of hydrogen-bond acceptors (Lipinski definition) is 5. The molecule has 0 aliphatic carbocycles. The lowest BCUT2D eigenvalue weighted by Crippen LogP contribution is -2.12. The van der Waals surface area contributed by atoms with Gasteiger partial charge in [-0.1, -0.05) is 12.1 Å². The van der Waals surface area contributed by atoms with E-state index in [9.17, 15) is 4.79 Å². The van der Waals surface area contributed by atoms with Gasteiger partial charge in [0.15, 0.2) is 5.13 Å². The number of aromatic amines is 1. The van der Waals surface area contributed by atoms with Crippen LogP contribution in [0.4, 0.5) is 10.8 Å². The predicted octanol–water partition coefficient (Wildman–Crippen LogP) is 2.68. The standard InChI is InChI=1S/C14H13N5OS/c1-8-11(6-16-19-8)13(20)18-14-17-12(7-21-14)9-3-2-4-10(15)5-9/h2-7H,15H2,1H3,(H,16,19)(H,17,18,20). The van der Waals surface area contributed by atoms with Crippen LogP contribution in [-0.2, 0) is 0 Å². The fourth-order valence-electron chi connectivity index (χ4n) is 1.91. The first-order valence-electron chi connectivity index (χ1n) is 6.26. The number of H-pyrrole nitrogens is 1. The number of nitrogens with two attached hydrogens (primary N) is 1. The third kappa shape index (κ3) is 2.77. The normalized spacial score (nSPS) is 10.5. The zero-order chi connectivity index (χ0) is 14.8. The summed E-state index contributed by atoms with van der Waals surface area (Å²) in [7, 11) is 0. The fraction of sp³-hybridized carbons (Fsp3) is 0.0714. The van der Waals surface area contributed by atoms with Gasteiger partial charge in [0.25, 0.3) is 5.91 Å². The predicted molar refractivity (Wildman–Crippen MR) is 83.2 cm³/mol. The van der Waals surface area contributed by atoms with Crippen molar-refractivity contribution in [3.8, 4) is 11.3 Å². The number of aryl methyl sites for hydroxylation is 1. The Labute approximate surface area is 125 Å². The molecule has 21 heavy (non-hydrogen) atoms. The molecule has 106 valence electrons. The van der Waals surface area contributed by atoms with E-state index in [1.165, 1.54) is 17.5 Å². The average Bonchev–Trinajstić information content (AvgIpc) is 3.08. The first-order chi connectivity index (χ1) is 10.1. The summed E-state index contributed by atoms with van der Waals surface area (Å²) in [6.07, 6.45) is 1.50. The number of carbonyl (C=O) groups is 1. The van der Waals surface area contributed by atoms with Crippen molar-refractivity contribution in [2.75, 3.05) is 11.1 Å². The highest BCUT2D eigenvalue weighted by molar-refractivity contribution is 7.14. The molecule has 0 saturated heterocycles. The lowest BCUT2D eigenvalue weighted by molar-refractivity contribution is 0.102. The Hall–Kier alpha value is -2.67. The molecule has 2 heterocycles. The van der Waals surface area contributed by atoms with Gasteiger partial charge in [-0.05, 0) is 19.1 Å². The van der Waals surface area contributed by atoms with Crippen LogP contribution in [-0.4, -0.2) is 21.1 Å². The number of aromatic nitrogens is 3. The summed E-state index contributed by atoms with van der Waals surface area (Å²) < 4.78 is 0. The second-order valence-corrected chi connectivity index (χ2v) is 5.38. The highest BCUT2D eigenvalue weighted by atomic mass is 32.1. The molecule has 0 spiro atoms. The number of rotatable bonds is 3. The Bertz CT molecular complexity index is 792. The summed E-state index contributed by atoms with van der Waals surface area (Å²) in [4.78, 5) is 16.5. The molecule has 0 radical (unpaired) electrons. The van der Waals surface area contributed by atoms with Gasteiger partial charge in [0.05, 0.1) is 17.5 Å². The molecule has 0 aliphatic heterocycles. The van der Waals surface area contributed by atoms with E-state index in [1.807, 2.05) is 29.6 Å². The van der Waals surface area contributed by atoms with E-state index in [1.54, 1.807) is 6.92 Å². The molecule has 7 heteroatoms. The van der Waals surface area contributed by atoms with Crippen molar-refractivity contribution in [3.63, 3.8) is 0 Å². The molecule has 1 aromatic carbocycles. The van der Waals surface area contributed by atoms with Gasteiger partial charge in [0.1, 0.15) is 0 Å². The molecule has 0 saturated carbocycles. The SMILES string of the molecule is Cc1[nH]ncc1C(=O)Nc1nc(-c2cccc(N)c2)cs1. The number of nitrogens with zero attached hydrogens (tertiary/aromatic N) is 2. The van der Waals surface area contributed by atoms with Crippen LogP contribution in [0.2, 0.25) is 0 Å². The van der Waals surface area contributed by atoms with Crippen LogP contribution >= 0.6 is 11.3 Å². The van der Waals surface area contributed by atoms with Crippen molar-refractivity contribution in [2.24, 2.45) is 0 Å². The number of hydrogen-bond donors (Lipinski definition) is 3. The molecule has 3 aromatic rings. The van der Waals surface area contributed by atoms with Crippen molar-refractivity contribution in [1.82, 2.24) is 15.2 Å². The zero-order valence-electron chi connectivity index (χ0n) is 11.3. The zero-order valence-corrected chi connectivity index (χ0v) is 12.1. The molecular weight excluding hydrogens is 286 g/mol. The highest BCUT2D eigenvalue weighted by Crippen LogP contribution is 2.26. The van der Waals surface area contributed by atoms with Crippen molar-refractivity contribution in [1.29, 1.82) is 0 Å². The number of carbonyl (C=O) groups excluding carboxylic acids is 1. The van der Waals surface area contributed by atoms with Crippen LogP contribution in [0.15, 0.2) is 35.8 Å². The van der Waals surface area contributed by atoms with Crippen molar-refractivity contribution in [2.45, 2.75) is 6.92 Å². The summed E-state index contributed by atoms with van der Waals surface area (Å²) in [5, 5.41) is 11.7. The maximum atomic E-state index is 12.1. The molecule has 6 nitrogen and oxygen atoms in total. The molecule has 0 atom stereocenters. The van der Waals surface area contributed by atoms with Gasteiger partial charge in [-0.3, -0.25) is 15.2 Å². The van der Waals surface area contributed by atoms with E-state index in [2.05, 4.69) is 20.5 Å². The van der Waals surface area contributed by atoms with Crippen molar-refractivity contribution < 1.29 is 4.79 Å². The third-order valence-corrected chi connectivity index (χ3v) is 3.74. The van der Waals surface area contributed by atoms with Crippen molar-refractivity contribution in [3.05, 3.63) is 47.1 Å². The first kappa shape index (κ1) is 13.3. The third-order valence-electron chi connectivity index (χ3n) is 2.98. The number of nitrogens with one attached hydrogen (secondary N) is 2. The fourth-order valence-corrected chi connectivity index (χ4v) is 2.62. The van der Waals surface area contributed by atoms with Gasteiger partial charge < -0.3 is 5.73 Å². The van der Waals surface area contributed by atoms with Crippen LogP contribution in [0.5, 0.6) is 0 Å². The maximum Gasteiger partial charge on any atom is 0.260 e. The number of nitrogen functional groups attached to an aromatic ring is 1. The largest absolute Gasteiger partial charge is 0.399 e. The minimum absolute atomic E-state index is 0.227. The highest BCUT2D eigenvalue weighted by Gasteiger charge is 2.13. The average molecular weight is 299 g/mol. The lowest BCUT2D eigenvalue weighted by atomic mass is 10.1. The summed E-state index contributed by atoms with van der Waals surface area (Å²) in [5.74, 6) is -0.227. The monoisotopic (exact) mass is 299 g/mol. The topological polar surface area (TPSA) is 96.7 Å². The van der Waals surface area contributed by atoms with Gasteiger partial charge in [0, 0.05) is 22.3 Å². The smallest absolute Gasteiger partial charge is 0.260 e. The van der Waals surface area contributed by atoms with Gasteiger partial charge in [-0.2, -0.15) is 5.10 Å². The summed E-state index contributed by atoms with van der Waals surface area (Å²) in [6, 6.07) is 7.47. The van der Waals surface area contributed by atoms with Crippen LogP contribution in [0.3, 0.4) is 0 Å². The van der Waals surface area contributed by atoms with Crippen LogP contribution in [0.25, 0.3) is 11.3 Å². The molecule has 0 aliphatic rings. The second-order valence-electron chi connectivity index (χ2n) is 4.53. The van der Waals surface area contributed by atoms with Crippen LogP contribution in [0, 0.1) is 6.92 Å². The Kier molecular flexibility index (Phi) is 3.41. The number of thiazole rings is 1. The molecule has 0 unspecified atom stereocenters. The van der Waals surface area contributed by atoms with Gasteiger partial charge in [-0.25, -0.2) is 4.98 Å². The summed E-state index contributed by atoms with van der Waals surface area (Å²) >= 11 is 1.37. The molecule has 2 aromatic heterocycles. The number of benzene rings is 1. The van der Waals surface area contributed by atoms with E-state index in [0.717, 1.165) is 17.0 Å². The van der Waals surface area contributed by atoms with Gasteiger partial charge in [-0.15, -0.1) is 11.3 Å². The van der Waals surface area contributed by atoms with E-state index in [-0.39, 0.29) is 5.91 Å². The molecule has 0 bridgehead atoms. The van der Waals surface area contributed by atoms with Crippen LogP contribution in [0.1, 0.15) is 16.1 Å². The van der Waals surface area contributed by atoms with Crippen LogP contribution < -0.4 is 11.1 Å². The number of anilines is 2. The summed E-state index contributed by atoms with van der Waals surface area (Å²) in [6.45, 7) is 1.79. The van der Waals surface area contributed by atoms with E-state index < -0.39 is 0 Å². The molecule has 3 rings (SSSR count). The Balaban J connectivity index is 1.80.